The molecule has 2 atom stereocenters. The normalized spacial score (nSPS) is 21.8. The molecule has 6 heteroatoms. The molecule has 0 saturated heterocycles. The van der Waals surface area contributed by atoms with Crippen LogP contribution in [0, 0.1) is 24.5 Å². The van der Waals surface area contributed by atoms with Gasteiger partial charge in [0.15, 0.2) is 0 Å². The molecule has 0 fully saturated rings. The van der Waals surface area contributed by atoms with Gasteiger partial charge < -0.3 is 4.42 Å². The van der Waals surface area contributed by atoms with Crippen molar-refractivity contribution in [2.24, 2.45) is 5.92 Å². The summed E-state index contributed by atoms with van der Waals surface area (Å²) in [6.07, 6.45) is 3.43. The summed E-state index contributed by atoms with van der Waals surface area (Å²) in [6, 6.07) is 5.61. The highest BCUT2D eigenvalue weighted by atomic mass is 19.1. The highest BCUT2D eigenvalue weighted by Crippen LogP contribution is 2.48. The number of hydrogen-bond donors (Lipinski definition) is 0. The lowest BCUT2D eigenvalue weighted by atomic mass is 9.67. The molecule has 2 unspecified atom stereocenters. The third kappa shape index (κ3) is 2.91. The van der Waals surface area contributed by atoms with Gasteiger partial charge in [0, 0.05) is 0 Å². The Morgan fingerprint density at radius 3 is 2.50 bits per heavy atom. The summed E-state index contributed by atoms with van der Waals surface area (Å²) in [5.74, 6) is 0.643. The van der Waals surface area contributed by atoms with Crippen molar-refractivity contribution in [3.63, 3.8) is 0 Å². The van der Waals surface area contributed by atoms with Gasteiger partial charge in [0.2, 0.25) is 5.89 Å². The van der Waals surface area contributed by atoms with Crippen molar-refractivity contribution < 1.29 is 13.2 Å². The van der Waals surface area contributed by atoms with E-state index in [1.54, 1.807) is 12.3 Å². The van der Waals surface area contributed by atoms with Crippen LogP contribution in [-0.2, 0) is 5.41 Å². The average molecular weight is 383 g/mol. The number of hydrogen-bond acceptors (Lipinski definition) is 4. The first-order valence-corrected chi connectivity index (χ1v) is 9.56. The molecular weight excluding hydrogens is 360 g/mol. The molecule has 1 aliphatic carbocycles. The van der Waals surface area contributed by atoms with Crippen LogP contribution in [0.25, 0.3) is 11.3 Å². The first-order chi connectivity index (χ1) is 13.3. The Labute approximate surface area is 163 Å². The number of aryl methyl sites for hydroxylation is 1. The van der Waals surface area contributed by atoms with Gasteiger partial charge >= 0.3 is 0 Å². The predicted octanol–water partition coefficient (Wildman–Crippen LogP) is 5.56. The maximum absolute atomic E-state index is 14.3. The molecule has 0 N–H and O–H groups in total. The molecule has 3 aromatic rings. The Balaban J connectivity index is 1.91. The van der Waals surface area contributed by atoms with Crippen molar-refractivity contribution in [2.45, 2.75) is 51.9 Å². The Morgan fingerprint density at radius 2 is 1.89 bits per heavy atom. The minimum Gasteiger partial charge on any atom is -0.445 e. The van der Waals surface area contributed by atoms with E-state index in [4.69, 9.17) is 4.42 Å². The van der Waals surface area contributed by atoms with Crippen molar-refractivity contribution in [3.8, 4) is 11.3 Å². The molecule has 2 heterocycles. The molecule has 0 aliphatic heterocycles. The fourth-order valence-electron chi connectivity index (χ4n) is 4.21. The molecule has 4 rings (SSSR count). The number of aromatic nitrogens is 3. The van der Waals surface area contributed by atoms with E-state index in [0.29, 0.717) is 11.8 Å². The van der Waals surface area contributed by atoms with Gasteiger partial charge in [-0.1, -0.05) is 19.9 Å². The summed E-state index contributed by atoms with van der Waals surface area (Å²) in [5, 5.41) is 8.67. The minimum atomic E-state index is -0.641. The summed E-state index contributed by atoms with van der Waals surface area (Å²) < 4.78 is 34.5. The van der Waals surface area contributed by atoms with Gasteiger partial charge in [-0.25, -0.2) is 13.8 Å². The zero-order valence-corrected chi connectivity index (χ0v) is 16.5. The van der Waals surface area contributed by atoms with Crippen LogP contribution in [0.1, 0.15) is 62.4 Å². The highest BCUT2D eigenvalue weighted by Gasteiger charge is 2.43. The molecular formula is C22H23F2N3O. The maximum Gasteiger partial charge on any atom is 0.206 e. The number of fused-ring (bicyclic) bond motifs is 1. The maximum atomic E-state index is 14.3. The molecule has 1 aromatic carbocycles. The molecule has 28 heavy (non-hydrogen) atoms. The van der Waals surface area contributed by atoms with Gasteiger partial charge in [-0.2, -0.15) is 5.10 Å². The number of oxazole rings is 1. The zero-order chi connectivity index (χ0) is 20.1. The molecule has 4 nitrogen and oxygen atoms in total. The van der Waals surface area contributed by atoms with Crippen molar-refractivity contribution in [1.29, 1.82) is 0 Å². The lowest BCUT2D eigenvalue weighted by molar-refractivity contribution is 0.297. The van der Waals surface area contributed by atoms with E-state index in [9.17, 15) is 8.78 Å². The predicted molar refractivity (Wildman–Crippen MR) is 102 cm³/mol. The number of halogens is 2. The average Bonchev–Trinajstić information content (AvgIpc) is 3.09. The van der Waals surface area contributed by atoms with Crippen LogP contribution in [0.4, 0.5) is 8.78 Å². The summed E-state index contributed by atoms with van der Waals surface area (Å²) in [7, 11) is 0. The topological polar surface area (TPSA) is 51.8 Å². The molecule has 2 aromatic heterocycles. The summed E-state index contributed by atoms with van der Waals surface area (Å²) in [5.41, 5.74) is 1.30. The van der Waals surface area contributed by atoms with E-state index in [1.807, 2.05) is 13.8 Å². The van der Waals surface area contributed by atoms with Crippen molar-refractivity contribution in [2.75, 3.05) is 0 Å². The van der Waals surface area contributed by atoms with Crippen LogP contribution >= 0.6 is 0 Å². The molecule has 0 radical (unpaired) electrons. The van der Waals surface area contributed by atoms with E-state index in [2.05, 4.69) is 29.0 Å². The molecule has 0 spiro atoms. The molecule has 0 bridgehead atoms. The third-order valence-electron chi connectivity index (χ3n) is 5.82. The lowest BCUT2D eigenvalue weighted by Crippen LogP contribution is -2.34. The summed E-state index contributed by atoms with van der Waals surface area (Å²) in [4.78, 5) is 4.43. The number of rotatable bonds is 3. The van der Waals surface area contributed by atoms with Crippen LogP contribution in [-0.4, -0.2) is 15.2 Å². The van der Waals surface area contributed by atoms with E-state index in [1.165, 1.54) is 18.2 Å². The van der Waals surface area contributed by atoms with Crippen LogP contribution in [0.2, 0.25) is 0 Å². The van der Waals surface area contributed by atoms with Gasteiger partial charge in [-0.3, -0.25) is 0 Å². The first-order valence-electron chi connectivity index (χ1n) is 9.56. The van der Waals surface area contributed by atoms with Crippen molar-refractivity contribution >= 4 is 0 Å². The van der Waals surface area contributed by atoms with Crippen molar-refractivity contribution in [3.05, 3.63) is 65.0 Å². The van der Waals surface area contributed by atoms with Crippen LogP contribution < -0.4 is 0 Å². The van der Waals surface area contributed by atoms with Crippen LogP contribution in [0.15, 0.2) is 34.9 Å². The van der Waals surface area contributed by atoms with Crippen molar-refractivity contribution in [1.82, 2.24) is 15.2 Å². The monoisotopic (exact) mass is 383 g/mol. The second kappa shape index (κ2) is 6.76. The number of nitrogens with zero attached hydrogens (tertiary/aromatic N) is 3. The molecule has 146 valence electrons. The van der Waals surface area contributed by atoms with Crippen LogP contribution in [0.3, 0.4) is 0 Å². The Hall–Kier alpha value is -2.63. The Morgan fingerprint density at radius 1 is 1.18 bits per heavy atom. The molecule has 1 aliphatic rings. The largest absolute Gasteiger partial charge is 0.445 e. The first kappa shape index (κ1) is 18.7. The van der Waals surface area contributed by atoms with Gasteiger partial charge in [-0.05, 0) is 62.3 Å². The second-order valence-electron chi connectivity index (χ2n) is 8.13. The summed E-state index contributed by atoms with van der Waals surface area (Å²) in [6.45, 7) is 8.20. The lowest BCUT2D eigenvalue weighted by Gasteiger charge is -2.37. The smallest absolute Gasteiger partial charge is 0.206 e. The third-order valence-corrected chi connectivity index (χ3v) is 5.82. The van der Waals surface area contributed by atoms with Gasteiger partial charge in [0.1, 0.15) is 17.4 Å². The van der Waals surface area contributed by atoms with E-state index < -0.39 is 17.0 Å². The van der Waals surface area contributed by atoms with Gasteiger partial charge in [0.25, 0.3) is 0 Å². The highest BCUT2D eigenvalue weighted by molar-refractivity contribution is 5.62. The SMILES string of the molecule is Cc1cnc(C2(C)CCC(C(C)C)c3cc(-c4c(F)cccc4F)nnc32)o1. The molecule has 0 saturated carbocycles. The van der Waals surface area contributed by atoms with E-state index in [-0.39, 0.29) is 17.2 Å². The van der Waals surface area contributed by atoms with E-state index >= 15 is 0 Å². The van der Waals surface area contributed by atoms with E-state index in [0.717, 1.165) is 29.9 Å². The molecule has 0 amide bonds. The quantitative estimate of drug-likeness (QED) is 0.594. The number of benzene rings is 1. The second-order valence-corrected chi connectivity index (χ2v) is 8.13. The Kier molecular flexibility index (Phi) is 4.52. The zero-order valence-electron chi connectivity index (χ0n) is 16.5. The van der Waals surface area contributed by atoms with Gasteiger partial charge in [0.05, 0.1) is 28.6 Å². The summed E-state index contributed by atoms with van der Waals surface area (Å²) >= 11 is 0. The van der Waals surface area contributed by atoms with Crippen LogP contribution in [0.5, 0.6) is 0 Å². The standard InChI is InChI=1S/C22H23F2N3O/c1-12(2)14-8-9-22(4,21-25-11-13(3)28-21)20-15(14)10-18(26-27-20)19-16(23)6-5-7-17(19)24/h5-7,10-12,14H,8-9H2,1-4H3. The minimum absolute atomic E-state index is 0.139. The Bertz CT molecular complexity index is 1010. The fourth-order valence-corrected chi connectivity index (χ4v) is 4.21. The van der Waals surface area contributed by atoms with Gasteiger partial charge in [-0.15, -0.1) is 5.10 Å². The fraction of sp³-hybridized carbons (Fsp3) is 0.409.